The third kappa shape index (κ3) is 8.95. The molecule has 10 aromatic rings. The maximum absolute atomic E-state index is 15.7. The van der Waals surface area contributed by atoms with Crippen molar-refractivity contribution in [1.82, 2.24) is 0 Å². The molecule has 6 aromatic carbocycles. The summed E-state index contributed by atoms with van der Waals surface area (Å²) in [4.78, 5) is 120. The average Bonchev–Trinajstić information content (AvgIpc) is 1.53. The smallest absolute Gasteiger partial charge is 0.367 e. The zero-order valence-electron chi connectivity index (χ0n) is 44.7. The average molecular weight is 1210 g/mol. The van der Waals surface area contributed by atoms with Gasteiger partial charge in [-0.3, -0.25) is 19.2 Å². The van der Waals surface area contributed by atoms with Crippen LogP contribution >= 0.6 is 45.3 Å². The van der Waals surface area contributed by atoms with Gasteiger partial charge in [0, 0.05) is 32.0 Å². The normalized spacial score (nSPS) is 14.6. The van der Waals surface area contributed by atoms with Crippen LogP contribution in [0, 0.1) is 0 Å². The van der Waals surface area contributed by atoms with E-state index in [1.165, 1.54) is 24.3 Å². The van der Waals surface area contributed by atoms with E-state index < -0.39 is 58.2 Å². The van der Waals surface area contributed by atoms with E-state index in [2.05, 4.69) is 0 Å². The van der Waals surface area contributed by atoms with E-state index in [0.717, 1.165) is 45.3 Å². The first-order chi connectivity index (χ1) is 41.9. The summed E-state index contributed by atoms with van der Waals surface area (Å²) >= 11 is 4.26. The summed E-state index contributed by atoms with van der Waals surface area (Å²) in [5, 5.41) is 0. The molecular formula is C68H40O14S4. The van der Waals surface area contributed by atoms with Crippen molar-refractivity contribution in [3.63, 3.8) is 0 Å². The first-order valence-corrected chi connectivity index (χ1v) is 30.1. The number of esters is 4. The summed E-state index contributed by atoms with van der Waals surface area (Å²) < 4.78 is 38.8. The molecule has 2 aliphatic heterocycles. The summed E-state index contributed by atoms with van der Waals surface area (Å²) in [5.41, 5.74) is -2.63. The molecule has 18 heteroatoms. The van der Waals surface area contributed by atoms with Gasteiger partial charge in [-0.1, -0.05) is 170 Å². The standard InChI is InChI=1S/C68H40O14S4/c69-53-43-25-13-14-26-44(43)54(70)47(53)29-41-31-49-57(83-41)59-51(67(81-49,63(73)77-33-37-17-5-1-6-18-37)64(74)78-34-38-19-7-2-8-20-38)61-62(85-59)52-60(86-61)58-50(32-42(84-58)30-48-55(71)45-27-15-16-28-46(45)56(48)72)82-68(52,65(75)79-35-39-21-9-3-10-22-39)66(76)80-36-40-23-11-4-12-24-40/h1-32H,33-36H2. The van der Waals surface area contributed by atoms with E-state index in [4.69, 9.17) is 28.4 Å². The van der Waals surface area contributed by atoms with E-state index in [1.807, 2.05) is 0 Å². The Bertz CT molecular complexity index is 4110. The van der Waals surface area contributed by atoms with Gasteiger partial charge in [0.2, 0.25) is 0 Å². The molecule has 86 heavy (non-hydrogen) atoms. The van der Waals surface area contributed by atoms with Crippen molar-refractivity contribution >= 4 is 114 Å². The number of allylic oxidation sites excluding steroid dienone is 2. The molecule has 0 saturated carbocycles. The van der Waals surface area contributed by atoms with Crippen LogP contribution in [0.4, 0.5) is 0 Å². The Morgan fingerprint density at radius 1 is 0.360 bits per heavy atom. The van der Waals surface area contributed by atoms with Crippen LogP contribution in [0.2, 0.25) is 0 Å². The van der Waals surface area contributed by atoms with Crippen LogP contribution < -0.4 is 9.47 Å². The minimum atomic E-state index is -2.80. The largest absolute Gasteiger partial charge is 0.458 e. The maximum Gasteiger partial charge on any atom is 0.367 e. The van der Waals surface area contributed by atoms with E-state index in [0.29, 0.717) is 41.8 Å². The first kappa shape index (κ1) is 54.0. The highest BCUT2D eigenvalue weighted by Crippen LogP contribution is 2.64. The summed E-state index contributed by atoms with van der Waals surface area (Å²) in [5.74, 6) is -6.67. The van der Waals surface area contributed by atoms with Gasteiger partial charge in [0.25, 0.3) is 0 Å². The van der Waals surface area contributed by atoms with Crippen molar-refractivity contribution in [2.75, 3.05) is 0 Å². The molecule has 0 unspecified atom stereocenters. The van der Waals surface area contributed by atoms with Gasteiger partial charge in [0.05, 0.1) is 51.2 Å². The molecule has 0 bridgehead atoms. The van der Waals surface area contributed by atoms with Crippen LogP contribution in [0.1, 0.15) is 84.6 Å². The van der Waals surface area contributed by atoms with Gasteiger partial charge in [-0.2, -0.15) is 0 Å². The number of hydrogen-bond donors (Lipinski definition) is 0. The lowest BCUT2D eigenvalue weighted by Crippen LogP contribution is -2.52. The predicted molar refractivity (Wildman–Crippen MR) is 322 cm³/mol. The van der Waals surface area contributed by atoms with Gasteiger partial charge >= 0.3 is 35.1 Å². The summed E-state index contributed by atoms with van der Waals surface area (Å²) in [6.07, 6.45) is 2.89. The van der Waals surface area contributed by atoms with Crippen LogP contribution in [0.3, 0.4) is 0 Å². The Hall–Kier alpha value is -9.98. The number of carbonyl (C=O) groups excluding carboxylic acids is 8. The lowest BCUT2D eigenvalue weighted by atomic mass is 9.88. The fourth-order valence-corrected chi connectivity index (χ4v) is 16.3. The molecule has 0 N–H and O–H groups in total. The quantitative estimate of drug-likeness (QED) is 0.0328. The van der Waals surface area contributed by atoms with E-state index in [9.17, 15) is 19.2 Å². The zero-order valence-corrected chi connectivity index (χ0v) is 47.9. The molecule has 0 radical (unpaired) electrons. The highest BCUT2D eigenvalue weighted by Gasteiger charge is 2.64. The second-order valence-corrected chi connectivity index (χ2v) is 24.5. The van der Waals surface area contributed by atoms with Crippen LogP contribution in [-0.4, -0.2) is 47.0 Å². The van der Waals surface area contributed by atoms with E-state index in [-0.39, 0.29) is 102 Å². The minimum Gasteiger partial charge on any atom is -0.458 e. The van der Waals surface area contributed by atoms with Crippen molar-refractivity contribution in [2.45, 2.75) is 37.6 Å². The Balaban J connectivity index is 1.01. The Kier molecular flexibility index (Phi) is 13.5. The third-order valence-electron chi connectivity index (χ3n) is 15.0. The third-order valence-corrected chi connectivity index (χ3v) is 20.0. The van der Waals surface area contributed by atoms with Gasteiger partial charge in [0.1, 0.15) is 37.9 Å². The topological polar surface area (TPSA) is 192 Å². The second kappa shape index (κ2) is 21.6. The number of rotatable bonds is 14. The minimum absolute atomic E-state index is 0.00992. The molecule has 2 aliphatic carbocycles. The number of fused-ring (bicyclic) bond motifs is 11. The van der Waals surface area contributed by atoms with Crippen LogP contribution in [0.25, 0.3) is 41.1 Å². The number of ketones is 4. The van der Waals surface area contributed by atoms with Gasteiger partial charge < -0.3 is 28.4 Å². The predicted octanol–water partition coefficient (Wildman–Crippen LogP) is 13.5. The fourth-order valence-electron chi connectivity index (χ4n) is 10.9. The Morgan fingerprint density at radius 2 is 0.628 bits per heavy atom. The molecule has 4 aliphatic rings. The molecule has 14 nitrogen and oxygen atoms in total. The monoisotopic (exact) mass is 1210 g/mol. The van der Waals surface area contributed by atoms with Gasteiger partial charge in [0.15, 0.2) is 23.1 Å². The van der Waals surface area contributed by atoms with Crippen molar-refractivity contribution in [2.24, 2.45) is 0 Å². The highest BCUT2D eigenvalue weighted by molar-refractivity contribution is 7.34. The molecular weight excluding hydrogens is 1170 g/mol. The van der Waals surface area contributed by atoms with Crippen molar-refractivity contribution < 1.29 is 66.8 Å². The molecule has 6 heterocycles. The van der Waals surface area contributed by atoms with Crippen LogP contribution in [0.15, 0.2) is 193 Å². The fraction of sp³-hybridized carbons (Fsp3) is 0.0882. The second-order valence-electron chi connectivity index (χ2n) is 20.3. The summed E-state index contributed by atoms with van der Waals surface area (Å²) in [6, 6.07) is 51.3. The lowest BCUT2D eigenvalue weighted by molar-refractivity contribution is -0.184. The highest BCUT2D eigenvalue weighted by atomic mass is 32.1. The van der Waals surface area contributed by atoms with E-state index in [1.54, 1.807) is 170 Å². The molecule has 0 fully saturated rings. The first-order valence-electron chi connectivity index (χ1n) is 26.8. The molecule has 0 amide bonds. The number of Topliss-reactive ketones (excluding diaryl/α,β-unsaturated/α-hetero) is 4. The van der Waals surface area contributed by atoms with Crippen molar-refractivity contribution in [3.05, 3.63) is 259 Å². The molecule has 0 spiro atoms. The molecule has 0 saturated heterocycles. The zero-order chi connectivity index (χ0) is 58.8. The Morgan fingerprint density at radius 3 is 0.907 bits per heavy atom. The number of carbonyl (C=O) groups is 8. The van der Waals surface area contributed by atoms with Crippen molar-refractivity contribution in [1.29, 1.82) is 0 Å². The number of ether oxygens (including phenoxy) is 6. The number of hydrogen-bond acceptors (Lipinski definition) is 18. The molecule has 4 aromatic heterocycles. The van der Waals surface area contributed by atoms with Gasteiger partial charge in [-0.15, -0.1) is 45.3 Å². The van der Waals surface area contributed by atoms with Crippen molar-refractivity contribution in [3.8, 4) is 31.0 Å². The molecule has 14 rings (SSSR count). The lowest BCUT2D eigenvalue weighted by Gasteiger charge is -2.33. The number of thiophene rings is 4. The van der Waals surface area contributed by atoms with Crippen LogP contribution in [0.5, 0.6) is 11.5 Å². The summed E-state index contributed by atoms with van der Waals surface area (Å²) in [6.45, 7) is -1.26. The number of benzene rings is 6. The maximum atomic E-state index is 15.7. The Labute approximate surface area is 504 Å². The van der Waals surface area contributed by atoms with Crippen LogP contribution in [-0.2, 0) is 75.8 Å². The summed E-state index contributed by atoms with van der Waals surface area (Å²) in [7, 11) is 0. The van der Waals surface area contributed by atoms with Gasteiger partial charge in [-0.25, -0.2) is 19.2 Å². The SMILES string of the molecule is O=C1C(=Cc2cc3c(s2)-c2sc4c5c(sc4c2C(C(=O)OCc2ccccc2)(C(=O)OCc2ccccc2)O3)-c2sc(C=C3C(=O)c4ccccc4C3=O)cc2OC5(C(=O)OCc2ccccc2)C(=O)OCc2ccccc2)C(=O)c2ccccc21. The molecule has 0 atom stereocenters. The molecule has 420 valence electrons. The van der Waals surface area contributed by atoms with Gasteiger partial charge in [-0.05, 0) is 46.5 Å². The van der Waals surface area contributed by atoms with E-state index >= 15 is 19.2 Å².